The Balaban J connectivity index is 1.89. The average molecular weight is 350 g/mol. The number of rotatable bonds is 6. The number of hydrogen-bond donors (Lipinski definition) is 1. The van der Waals surface area contributed by atoms with E-state index in [-0.39, 0.29) is 0 Å². The summed E-state index contributed by atoms with van der Waals surface area (Å²) < 4.78 is 0. The van der Waals surface area contributed by atoms with E-state index in [4.69, 9.17) is 5.11 Å². The van der Waals surface area contributed by atoms with E-state index in [1.807, 2.05) is 18.2 Å². The minimum Gasteiger partial charge on any atom is -0.478 e. The molecule has 1 aromatic heterocycles. The van der Waals surface area contributed by atoms with Gasteiger partial charge in [-0.25, -0.2) is 9.78 Å². The summed E-state index contributed by atoms with van der Waals surface area (Å²) in [6.07, 6.45) is 15.2. The molecule has 1 saturated heterocycles. The minimum absolute atomic E-state index is 0.566. The quantitative estimate of drug-likeness (QED) is 0.782. The Bertz CT molecular complexity index is 768. The first-order valence-corrected chi connectivity index (χ1v) is 9.31. The number of allylic oxidation sites excluding steroid dienone is 5. The first-order valence-electron chi connectivity index (χ1n) is 9.31. The van der Waals surface area contributed by atoms with Crippen LogP contribution in [0.4, 0.5) is 0 Å². The van der Waals surface area contributed by atoms with E-state index in [1.165, 1.54) is 24.5 Å². The van der Waals surface area contributed by atoms with E-state index >= 15 is 0 Å². The molecule has 26 heavy (non-hydrogen) atoms. The highest BCUT2D eigenvalue weighted by molar-refractivity contribution is 5.85. The number of nitrogens with zero attached hydrogens (tertiary/aromatic N) is 2. The Morgan fingerprint density at radius 3 is 2.85 bits per heavy atom. The van der Waals surface area contributed by atoms with Crippen LogP contribution in [0, 0.1) is 5.92 Å². The van der Waals surface area contributed by atoms with Crippen LogP contribution in [0.3, 0.4) is 0 Å². The largest absolute Gasteiger partial charge is 0.478 e. The Morgan fingerprint density at radius 2 is 2.15 bits per heavy atom. The van der Waals surface area contributed by atoms with Crippen LogP contribution in [0.25, 0.3) is 11.6 Å². The number of pyridine rings is 1. The maximum absolute atomic E-state index is 10.8. The van der Waals surface area contributed by atoms with Crippen molar-refractivity contribution in [1.82, 2.24) is 9.88 Å². The summed E-state index contributed by atoms with van der Waals surface area (Å²) in [6, 6.07) is 5.76. The molecular weight excluding hydrogens is 324 g/mol. The second-order valence-corrected chi connectivity index (χ2v) is 6.98. The molecule has 1 atom stereocenters. The molecule has 0 amide bonds. The molecule has 136 valence electrons. The summed E-state index contributed by atoms with van der Waals surface area (Å²) >= 11 is 0. The van der Waals surface area contributed by atoms with E-state index in [9.17, 15) is 4.79 Å². The van der Waals surface area contributed by atoms with E-state index in [0.717, 1.165) is 43.4 Å². The van der Waals surface area contributed by atoms with Crippen LogP contribution >= 0.6 is 0 Å². The molecule has 1 N–H and O–H groups in total. The second kappa shape index (κ2) is 8.77. The third-order valence-corrected chi connectivity index (χ3v) is 4.82. The molecule has 3 rings (SSSR count). The molecule has 4 heteroatoms. The SMILES string of the molecule is CC1C=CC(/C(=C\CN2CCCC2)c2cccc(/C=C/C(=O)O)n2)=CC1. The molecule has 0 spiro atoms. The molecule has 0 saturated carbocycles. The third kappa shape index (κ3) is 5.02. The maximum Gasteiger partial charge on any atom is 0.328 e. The smallest absolute Gasteiger partial charge is 0.328 e. The number of likely N-dealkylation sites (tertiary alicyclic amines) is 1. The predicted octanol–water partition coefficient (Wildman–Crippen LogP) is 4.18. The van der Waals surface area contributed by atoms with Gasteiger partial charge < -0.3 is 5.11 Å². The first kappa shape index (κ1) is 18.3. The van der Waals surface area contributed by atoms with Crippen molar-refractivity contribution in [3.8, 4) is 0 Å². The Morgan fingerprint density at radius 1 is 1.35 bits per heavy atom. The molecule has 1 unspecified atom stereocenters. The molecular formula is C22H26N2O2. The van der Waals surface area contributed by atoms with Gasteiger partial charge in [0.05, 0.1) is 11.4 Å². The van der Waals surface area contributed by atoms with E-state index in [2.05, 4.69) is 41.1 Å². The Kier molecular flexibility index (Phi) is 6.18. The van der Waals surface area contributed by atoms with E-state index in [1.54, 1.807) is 0 Å². The molecule has 1 aliphatic heterocycles. The lowest BCUT2D eigenvalue weighted by Crippen LogP contribution is -2.19. The Hall–Kier alpha value is -2.46. The summed E-state index contributed by atoms with van der Waals surface area (Å²) in [6.45, 7) is 5.45. The fourth-order valence-corrected chi connectivity index (χ4v) is 3.33. The van der Waals surface area contributed by atoms with Crippen LogP contribution in [0.15, 0.2) is 54.2 Å². The predicted molar refractivity (Wildman–Crippen MR) is 106 cm³/mol. The van der Waals surface area contributed by atoms with Gasteiger partial charge in [-0.3, -0.25) is 4.90 Å². The molecule has 2 heterocycles. The summed E-state index contributed by atoms with van der Waals surface area (Å²) in [4.78, 5) is 17.9. The van der Waals surface area contributed by atoms with Crippen LogP contribution in [0.5, 0.6) is 0 Å². The van der Waals surface area contributed by atoms with E-state index < -0.39 is 5.97 Å². The van der Waals surface area contributed by atoms with Crippen molar-refractivity contribution in [2.45, 2.75) is 26.2 Å². The zero-order valence-electron chi connectivity index (χ0n) is 15.3. The minimum atomic E-state index is -0.964. The van der Waals surface area contributed by atoms with Crippen molar-refractivity contribution in [1.29, 1.82) is 0 Å². The highest BCUT2D eigenvalue weighted by Crippen LogP contribution is 2.28. The van der Waals surface area contributed by atoms with Crippen molar-refractivity contribution < 1.29 is 9.90 Å². The highest BCUT2D eigenvalue weighted by atomic mass is 16.4. The average Bonchev–Trinajstić information content (AvgIpc) is 3.15. The van der Waals surface area contributed by atoms with Crippen LogP contribution in [-0.2, 0) is 4.79 Å². The van der Waals surface area contributed by atoms with Gasteiger partial charge in [-0.1, -0.05) is 37.3 Å². The summed E-state index contributed by atoms with van der Waals surface area (Å²) in [5.74, 6) is -0.398. The fraction of sp³-hybridized carbons (Fsp3) is 0.364. The normalized spacial score (nSPS) is 21.3. The highest BCUT2D eigenvalue weighted by Gasteiger charge is 2.14. The maximum atomic E-state index is 10.8. The molecule has 0 radical (unpaired) electrons. The van der Waals surface area contributed by atoms with Gasteiger partial charge in [0.15, 0.2) is 0 Å². The van der Waals surface area contributed by atoms with Gasteiger partial charge in [0.1, 0.15) is 0 Å². The lowest BCUT2D eigenvalue weighted by Gasteiger charge is -2.17. The number of carboxylic acids is 1. The topological polar surface area (TPSA) is 53.4 Å². The zero-order valence-corrected chi connectivity index (χ0v) is 15.3. The van der Waals surface area contributed by atoms with Crippen molar-refractivity contribution in [3.05, 3.63) is 65.5 Å². The van der Waals surface area contributed by atoms with Gasteiger partial charge in [-0.05, 0) is 62.1 Å². The lowest BCUT2D eigenvalue weighted by molar-refractivity contribution is -0.131. The van der Waals surface area contributed by atoms with Gasteiger partial charge in [0, 0.05) is 18.2 Å². The Labute approximate surface area is 155 Å². The molecule has 1 fully saturated rings. The summed E-state index contributed by atoms with van der Waals surface area (Å²) in [5, 5.41) is 8.84. The summed E-state index contributed by atoms with van der Waals surface area (Å²) in [7, 11) is 0. The van der Waals surface area contributed by atoms with Crippen molar-refractivity contribution in [2.24, 2.45) is 5.92 Å². The lowest BCUT2D eigenvalue weighted by atomic mass is 9.92. The van der Waals surface area contributed by atoms with Crippen LogP contribution < -0.4 is 0 Å². The number of carbonyl (C=O) groups is 1. The van der Waals surface area contributed by atoms with Crippen molar-refractivity contribution in [3.63, 3.8) is 0 Å². The standard InChI is InChI=1S/C22H26N2O2/c1-17-7-9-18(10-8-17)20(13-16-24-14-2-3-15-24)21-6-4-5-19(23-21)11-12-22(25)26/h4-7,9-13,17H,2-3,8,14-16H2,1H3,(H,25,26)/b12-11+,20-13+. The van der Waals surface area contributed by atoms with Crippen molar-refractivity contribution >= 4 is 17.6 Å². The number of aliphatic carboxylic acids is 1. The number of aromatic nitrogens is 1. The molecule has 0 aromatic carbocycles. The number of hydrogen-bond acceptors (Lipinski definition) is 3. The number of carboxylic acid groups (broad SMARTS) is 1. The second-order valence-electron chi connectivity index (χ2n) is 6.98. The van der Waals surface area contributed by atoms with Gasteiger partial charge in [-0.2, -0.15) is 0 Å². The van der Waals surface area contributed by atoms with Crippen LogP contribution in [0.2, 0.25) is 0 Å². The van der Waals surface area contributed by atoms with Crippen LogP contribution in [-0.4, -0.2) is 40.6 Å². The molecule has 1 aliphatic carbocycles. The molecule has 2 aliphatic rings. The van der Waals surface area contributed by atoms with Gasteiger partial charge in [-0.15, -0.1) is 0 Å². The summed E-state index contributed by atoms with van der Waals surface area (Å²) in [5.41, 5.74) is 3.88. The van der Waals surface area contributed by atoms with E-state index in [0.29, 0.717) is 11.6 Å². The molecule has 0 bridgehead atoms. The fourth-order valence-electron chi connectivity index (χ4n) is 3.33. The first-order chi connectivity index (χ1) is 12.6. The van der Waals surface area contributed by atoms with Gasteiger partial charge >= 0.3 is 5.97 Å². The zero-order chi connectivity index (χ0) is 18.4. The monoisotopic (exact) mass is 350 g/mol. The third-order valence-electron chi connectivity index (χ3n) is 4.82. The van der Waals surface area contributed by atoms with Crippen molar-refractivity contribution in [2.75, 3.05) is 19.6 Å². The molecule has 4 nitrogen and oxygen atoms in total. The van der Waals surface area contributed by atoms with Gasteiger partial charge in [0.25, 0.3) is 0 Å². The molecule has 1 aromatic rings. The van der Waals surface area contributed by atoms with Crippen LogP contribution in [0.1, 0.15) is 37.6 Å². The van der Waals surface area contributed by atoms with Gasteiger partial charge in [0.2, 0.25) is 0 Å².